The molecule has 1 aromatic heterocycles. The van der Waals surface area contributed by atoms with Crippen LogP contribution in [0.25, 0.3) is 11.3 Å². The second-order valence-corrected chi connectivity index (χ2v) is 17.0. The van der Waals surface area contributed by atoms with Gasteiger partial charge in [-0.2, -0.15) is 0 Å². The number of Topliss-reactive ketones (excluding diaryl/α,β-unsaturated/α-hetero) is 1. The zero-order chi connectivity index (χ0) is 42.5. The Bertz CT molecular complexity index is 1700. The van der Waals surface area contributed by atoms with E-state index in [1.54, 1.807) is 30.7 Å². The summed E-state index contributed by atoms with van der Waals surface area (Å²) < 4.78 is 33.0. The molecule has 3 fully saturated rings. The van der Waals surface area contributed by atoms with Gasteiger partial charge in [-0.1, -0.05) is 38.1 Å². The number of rotatable bonds is 11. The number of anilines is 1. The molecule has 58 heavy (non-hydrogen) atoms. The third-order valence-corrected chi connectivity index (χ3v) is 12.6. The molecule has 2 aromatic rings. The van der Waals surface area contributed by atoms with Gasteiger partial charge < -0.3 is 44.7 Å². The number of amides is 1. The number of nitrogens with two attached hydrogens (primary N) is 1. The molecule has 4 heterocycles. The van der Waals surface area contributed by atoms with Crippen molar-refractivity contribution in [3.8, 4) is 11.3 Å². The van der Waals surface area contributed by atoms with E-state index in [0.29, 0.717) is 51.0 Å². The Morgan fingerprint density at radius 3 is 2.48 bits per heavy atom. The Kier molecular flexibility index (Phi) is 15.3. The number of nitrogen functional groups attached to an aromatic ring is 1. The maximum atomic E-state index is 14.3. The van der Waals surface area contributed by atoms with E-state index in [9.17, 15) is 19.5 Å². The number of aliphatic hydroxyl groups is 1. The van der Waals surface area contributed by atoms with E-state index in [1.165, 1.54) is 6.92 Å². The molecular formula is C42H67N7O9. The average molecular weight is 814 g/mol. The number of esters is 1. The van der Waals surface area contributed by atoms with Crippen LogP contribution < -0.4 is 11.1 Å². The molecule has 1 amide bonds. The number of ketones is 1. The minimum Gasteiger partial charge on any atom is -0.458 e. The van der Waals surface area contributed by atoms with Crippen molar-refractivity contribution in [2.45, 2.75) is 148 Å². The molecule has 5 rings (SSSR count). The van der Waals surface area contributed by atoms with E-state index in [2.05, 4.69) is 34.4 Å². The summed E-state index contributed by atoms with van der Waals surface area (Å²) >= 11 is 0. The lowest BCUT2D eigenvalue weighted by Gasteiger charge is -2.46. The lowest BCUT2D eigenvalue weighted by molar-refractivity contribution is -0.290. The van der Waals surface area contributed by atoms with Gasteiger partial charge in [0.1, 0.15) is 23.8 Å². The van der Waals surface area contributed by atoms with Crippen LogP contribution in [0.2, 0.25) is 0 Å². The maximum Gasteiger partial charge on any atom is 0.410 e. The smallest absolute Gasteiger partial charge is 0.410 e. The summed E-state index contributed by atoms with van der Waals surface area (Å²) in [5, 5.41) is 23.0. The SMILES string of the molecule is CC[C@H]1OC(=O)[C@H](C)C(=O)[C@H](C)[C@@H](O[C@@H]2OC(C)CC(NC)C2O)[C@](C)(OC)C[C@@H](C)CN(C)[C@H](C)[C@@H]2[C@@H]1OC(=O)N2CCCCn1cc(-c2cccc(N)c2)nn1. The maximum absolute atomic E-state index is 14.3. The lowest BCUT2D eigenvalue weighted by atomic mass is 9.78. The highest BCUT2D eigenvalue weighted by atomic mass is 16.7. The van der Waals surface area contributed by atoms with Crippen molar-refractivity contribution in [2.75, 3.05) is 40.0 Å². The number of ether oxygens (including phenoxy) is 5. The van der Waals surface area contributed by atoms with Crippen molar-refractivity contribution in [1.82, 2.24) is 30.1 Å². The number of aliphatic hydroxyl groups excluding tert-OH is 1. The standard InChI is InChI=1S/C42H67N7O9/c1-11-33-37-34(49(41(53)57-37)18-13-12-17-48-23-32(45-46-48)29-15-14-16-30(43)20-29)28(6)47(9)22-24(2)21-42(7,54-10)38(26(4)35(50)27(5)39(52)56-33)58-40-36(51)31(44-8)19-25(3)55-40/h14-16,20,23-28,31,33-34,36-38,40,44,51H,11-13,17-19,21-22,43H2,1-10H3/t24-,25?,26+,27-,28-,31?,33-,34-,36?,37-,38-,40+,42-/m1/s1. The first-order chi connectivity index (χ1) is 27.5. The number of hydrogen-bond donors (Lipinski definition) is 3. The number of carbonyl (C=O) groups is 3. The lowest BCUT2D eigenvalue weighted by Crippen LogP contribution is -2.59. The number of nitrogens with zero attached hydrogens (tertiary/aromatic N) is 5. The predicted octanol–water partition coefficient (Wildman–Crippen LogP) is 3.89. The number of aryl methyl sites for hydroxylation is 1. The van der Waals surface area contributed by atoms with E-state index >= 15 is 0 Å². The minimum absolute atomic E-state index is 0.0132. The fraction of sp³-hybridized carbons (Fsp3) is 0.738. The zero-order valence-electron chi connectivity index (χ0n) is 36.0. The number of fused-ring (bicyclic) bond motifs is 1. The van der Waals surface area contributed by atoms with Gasteiger partial charge in [-0.3, -0.25) is 19.2 Å². The van der Waals surface area contributed by atoms with Gasteiger partial charge in [-0.05, 0) is 91.9 Å². The Morgan fingerprint density at radius 2 is 1.81 bits per heavy atom. The summed E-state index contributed by atoms with van der Waals surface area (Å²) in [4.78, 5) is 45.9. The Hall–Kier alpha value is -3.67. The highest BCUT2D eigenvalue weighted by molar-refractivity contribution is 6.00. The van der Waals surface area contributed by atoms with E-state index in [1.807, 2.05) is 58.3 Å². The number of benzene rings is 1. The fourth-order valence-electron chi connectivity index (χ4n) is 9.09. The van der Waals surface area contributed by atoms with Gasteiger partial charge in [0.15, 0.2) is 18.2 Å². The molecule has 3 aliphatic heterocycles. The number of likely N-dealkylation sites (N-methyl/N-ethyl adjacent to an activating group) is 2. The largest absolute Gasteiger partial charge is 0.458 e. The van der Waals surface area contributed by atoms with Crippen molar-refractivity contribution in [3.05, 3.63) is 30.5 Å². The Morgan fingerprint density at radius 1 is 1.09 bits per heavy atom. The van der Waals surface area contributed by atoms with Gasteiger partial charge in [-0.25, -0.2) is 4.79 Å². The molecule has 16 heteroatoms. The molecule has 13 atom stereocenters. The van der Waals surface area contributed by atoms with Crippen molar-refractivity contribution in [2.24, 2.45) is 17.8 Å². The van der Waals surface area contributed by atoms with Crippen molar-refractivity contribution in [1.29, 1.82) is 0 Å². The van der Waals surface area contributed by atoms with Gasteiger partial charge in [0.25, 0.3) is 0 Å². The van der Waals surface area contributed by atoms with Crippen LogP contribution in [-0.2, 0) is 39.8 Å². The van der Waals surface area contributed by atoms with Crippen LogP contribution in [0, 0.1) is 17.8 Å². The molecule has 0 spiro atoms. The summed E-state index contributed by atoms with van der Waals surface area (Å²) in [6.45, 7) is 14.8. The second kappa shape index (κ2) is 19.6. The first-order valence-corrected chi connectivity index (χ1v) is 20.9. The monoisotopic (exact) mass is 814 g/mol. The summed E-state index contributed by atoms with van der Waals surface area (Å²) in [5.41, 5.74) is 7.20. The molecule has 1 aromatic carbocycles. The number of hydrogen-bond acceptors (Lipinski definition) is 14. The molecule has 0 radical (unpaired) electrons. The number of aromatic nitrogens is 3. The van der Waals surface area contributed by atoms with Gasteiger partial charge in [-0.15, -0.1) is 5.10 Å². The second-order valence-electron chi connectivity index (χ2n) is 17.0. The Balaban J connectivity index is 1.37. The van der Waals surface area contributed by atoms with Crippen LogP contribution in [0.4, 0.5) is 10.5 Å². The van der Waals surface area contributed by atoms with E-state index in [4.69, 9.17) is 29.4 Å². The third-order valence-electron chi connectivity index (χ3n) is 12.6. The molecular weight excluding hydrogens is 747 g/mol. The molecule has 3 saturated heterocycles. The van der Waals surface area contributed by atoms with Crippen molar-refractivity contribution >= 4 is 23.5 Å². The quantitative estimate of drug-likeness (QED) is 0.128. The molecule has 0 aliphatic carbocycles. The molecule has 16 nitrogen and oxygen atoms in total. The van der Waals surface area contributed by atoms with Crippen LogP contribution in [0.1, 0.15) is 80.6 Å². The van der Waals surface area contributed by atoms with E-state index in [0.717, 1.165) is 17.7 Å². The van der Waals surface area contributed by atoms with Gasteiger partial charge in [0, 0.05) is 56.0 Å². The van der Waals surface area contributed by atoms with Crippen molar-refractivity contribution < 1.29 is 43.2 Å². The minimum atomic E-state index is -1.16. The van der Waals surface area contributed by atoms with Crippen LogP contribution >= 0.6 is 0 Å². The highest BCUT2D eigenvalue weighted by Gasteiger charge is 2.52. The van der Waals surface area contributed by atoms with Crippen LogP contribution in [0.3, 0.4) is 0 Å². The number of carbonyl (C=O) groups excluding carboxylic acids is 3. The first-order valence-electron chi connectivity index (χ1n) is 20.9. The predicted molar refractivity (Wildman–Crippen MR) is 217 cm³/mol. The molecule has 3 unspecified atom stereocenters. The van der Waals surface area contributed by atoms with Crippen LogP contribution in [0.15, 0.2) is 30.5 Å². The fourth-order valence-corrected chi connectivity index (χ4v) is 9.09. The van der Waals surface area contributed by atoms with E-state index in [-0.39, 0.29) is 24.1 Å². The Labute approximate surface area is 343 Å². The number of unbranched alkanes of at least 4 members (excludes halogenated alkanes) is 1. The molecule has 0 saturated carbocycles. The summed E-state index contributed by atoms with van der Waals surface area (Å²) in [7, 11) is 5.39. The van der Waals surface area contributed by atoms with E-state index < -0.39 is 72.0 Å². The number of cyclic esters (lactones) is 1. The molecule has 4 N–H and O–H groups in total. The highest BCUT2D eigenvalue weighted by Crippen LogP contribution is 2.37. The summed E-state index contributed by atoms with van der Waals surface area (Å²) in [5.74, 6) is -3.10. The first kappa shape index (κ1) is 45.4. The van der Waals surface area contributed by atoms with Gasteiger partial charge in [0.2, 0.25) is 0 Å². The third kappa shape index (κ3) is 10.2. The average Bonchev–Trinajstić information content (AvgIpc) is 3.80. The van der Waals surface area contributed by atoms with Gasteiger partial charge in [0.05, 0.1) is 30.0 Å². The van der Waals surface area contributed by atoms with Crippen LogP contribution in [-0.4, -0.2) is 143 Å². The number of nitrogens with one attached hydrogen (secondary N) is 1. The number of methoxy groups -OCH3 is 1. The zero-order valence-corrected chi connectivity index (χ0v) is 36.0. The van der Waals surface area contributed by atoms with Gasteiger partial charge >= 0.3 is 12.1 Å². The normalized spacial score (nSPS) is 35.8. The molecule has 0 bridgehead atoms. The topological polar surface area (TPSA) is 193 Å². The molecule has 3 aliphatic rings. The van der Waals surface area contributed by atoms with Crippen LogP contribution in [0.5, 0.6) is 0 Å². The summed E-state index contributed by atoms with van der Waals surface area (Å²) in [6.07, 6.45) is -0.450. The van der Waals surface area contributed by atoms with Crippen molar-refractivity contribution in [3.63, 3.8) is 0 Å². The summed E-state index contributed by atoms with van der Waals surface area (Å²) in [6, 6.07) is 6.56. The molecule has 324 valence electrons.